The number of anilines is 1. The van der Waals surface area contributed by atoms with Crippen molar-refractivity contribution in [2.75, 3.05) is 12.4 Å². The lowest BCUT2D eigenvalue weighted by Gasteiger charge is -2.15. The highest BCUT2D eigenvalue weighted by atomic mass is 16.5. The SMILES string of the molecule is COc1cccc(-c2cc(C3(C(=O)Nc4ccccc4Oc4ccccc4)CC3)no2)c1. The van der Waals surface area contributed by atoms with E-state index in [1.807, 2.05) is 84.9 Å². The molecule has 0 radical (unpaired) electrons. The van der Waals surface area contributed by atoms with Gasteiger partial charge in [-0.2, -0.15) is 0 Å². The molecule has 1 heterocycles. The zero-order valence-corrected chi connectivity index (χ0v) is 17.6. The summed E-state index contributed by atoms with van der Waals surface area (Å²) in [6, 6.07) is 26.3. The topological polar surface area (TPSA) is 73.6 Å². The van der Waals surface area contributed by atoms with Crippen molar-refractivity contribution >= 4 is 11.6 Å². The Balaban J connectivity index is 1.36. The number of ether oxygens (including phenoxy) is 2. The maximum Gasteiger partial charge on any atom is 0.236 e. The van der Waals surface area contributed by atoms with Gasteiger partial charge in [0.2, 0.25) is 5.91 Å². The first-order valence-corrected chi connectivity index (χ1v) is 10.4. The first-order valence-electron chi connectivity index (χ1n) is 10.4. The van der Waals surface area contributed by atoms with Crippen molar-refractivity contribution in [3.63, 3.8) is 0 Å². The number of carbonyl (C=O) groups excluding carboxylic acids is 1. The van der Waals surface area contributed by atoms with Crippen LogP contribution in [-0.2, 0) is 10.2 Å². The minimum absolute atomic E-state index is 0.118. The van der Waals surface area contributed by atoms with Gasteiger partial charge in [0.25, 0.3) is 0 Å². The van der Waals surface area contributed by atoms with Gasteiger partial charge in [0.15, 0.2) is 11.5 Å². The fraction of sp³-hybridized carbons (Fsp3) is 0.154. The van der Waals surface area contributed by atoms with Crippen molar-refractivity contribution in [3.8, 4) is 28.6 Å². The average molecular weight is 426 g/mol. The highest BCUT2D eigenvalue weighted by Gasteiger charge is 2.54. The maximum absolute atomic E-state index is 13.3. The van der Waals surface area contributed by atoms with Crippen LogP contribution in [-0.4, -0.2) is 18.2 Å². The van der Waals surface area contributed by atoms with Crippen LogP contribution in [0.5, 0.6) is 17.2 Å². The number of rotatable bonds is 7. The molecule has 1 aromatic heterocycles. The van der Waals surface area contributed by atoms with E-state index in [0.29, 0.717) is 41.5 Å². The Bertz CT molecular complexity index is 1250. The van der Waals surface area contributed by atoms with Crippen molar-refractivity contribution in [1.29, 1.82) is 0 Å². The zero-order chi connectivity index (χ0) is 22.0. The molecule has 0 aliphatic heterocycles. The van der Waals surface area contributed by atoms with Crippen molar-refractivity contribution in [2.24, 2.45) is 0 Å². The smallest absolute Gasteiger partial charge is 0.236 e. The number of aromatic nitrogens is 1. The monoisotopic (exact) mass is 426 g/mol. The summed E-state index contributed by atoms with van der Waals surface area (Å²) < 4.78 is 16.8. The third-order valence-corrected chi connectivity index (χ3v) is 5.65. The van der Waals surface area contributed by atoms with Crippen molar-refractivity contribution < 1.29 is 18.8 Å². The Hall–Kier alpha value is -4.06. The number of carbonyl (C=O) groups is 1. The molecule has 0 atom stereocenters. The van der Waals surface area contributed by atoms with Crippen LogP contribution < -0.4 is 14.8 Å². The lowest BCUT2D eigenvalue weighted by Crippen LogP contribution is -2.28. The fourth-order valence-electron chi connectivity index (χ4n) is 3.65. The minimum Gasteiger partial charge on any atom is -0.497 e. The minimum atomic E-state index is -0.694. The molecule has 6 nitrogen and oxygen atoms in total. The summed E-state index contributed by atoms with van der Waals surface area (Å²) in [4.78, 5) is 13.3. The molecule has 160 valence electrons. The highest BCUT2D eigenvalue weighted by Crippen LogP contribution is 2.49. The quantitative estimate of drug-likeness (QED) is 0.403. The van der Waals surface area contributed by atoms with Crippen molar-refractivity contribution in [2.45, 2.75) is 18.3 Å². The van der Waals surface area contributed by atoms with Gasteiger partial charge < -0.3 is 19.3 Å². The lowest BCUT2D eigenvalue weighted by atomic mass is 10.00. The van der Waals surface area contributed by atoms with Crippen LogP contribution in [0.3, 0.4) is 0 Å². The normalized spacial score (nSPS) is 13.9. The molecule has 1 aliphatic rings. The Morgan fingerprint density at radius 2 is 1.69 bits per heavy atom. The Labute approximate surface area is 185 Å². The molecule has 1 fully saturated rings. The molecular formula is C26H22N2O4. The Morgan fingerprint density at radius 1 is 0.938 bits per heavy atom. The second kappa shape index (κ2) is 8.23. The van der Waals surface area contributed by atoms with Gasteiger partial charge in [-0.15, -0.1) is 0 Å². The summed E-state index contributed by atoms with van der Waals surface area (Å²) >= 11 is 0. The standard InChI is InChI=1S/C26H22N2O4/c1-30-20-11-7-8-18(16-20)23-17-24(28-32-23)26(14-15-26)25(29)27-21-12-5-6-13-22(21)31-19-9-3-2-4-10-19/h2-13,16-17H,14-15H2,1H3,(H,27,29). The van der Waals surface area contributed by atoms with E-state index >= 15 is 0 Å². The molecule has 32 heavy (non-hydrogen) atoms. The highest BCUT2D eigenvalue weighted by molar-refractivity contribution is 6.02. The van der Waals surface area contributed by atoms with E-state index in [4.69, 9.17) is 14.0 Å². The van der Waals surface area contributed by atoms with Gasteiger partial charge in [0, 0.05) is 11.6 Å². The molecule has 1 saturated carbocycles. The van der Waals surface area contributed by atoms with Crippen molar-refractivity contribution in [3.05, 3.63) is 90.6 Å². The van der Waals surface area contributed by atoms with Gasteiger partial charge in [-0.1, -0.05) is 47.6 Å². The molecule has 1 N–H and O–H groups in total. The molecule has 6 heteroatoms. The third kappa shape index (κ3) is 3.83. The number of nitrogens with zero attached hydrogens (tertiary/aromatic N) is 1. The summed E-state index contributed by atoms with van der Waals surface area (Å²) in [5, 5.41) is 7.26. The predicted octanol–water partition coefficient (Wildman–Crippen LogP) is 5.81. The second-order valence-electron chi connectivity index (χ2n) is 7.76. The zero-order valence-electron chi connectivity index (χ0n) is 17.6. The number of nitrogens with one attached hydrogen (secondary N) is 1. The Kier molecular flexibility index (Phi) is 5.11. The fourth-order valence-corrected chi connectivity index (χ4v) is 3.65. The first kappa shape index (κ1) is 19.9. The van der Waals surface area contributed by atoms with Gasteiger partial charge in [-0.3, -0.25) is 4.79 Å². The molecule has 4 aromatic rings. The molecule has 0 bridgehead atoms. The average Bonchev–Trinajstić information content (AvgIpc) is 3.50. The summed E-state index contributed by atoms with van der Waals surface area (Å²) in [6.45, 7) is 0. The largest absolute Gasteiger partial charge is 0.497 e. The number of para-hydroxylation sites is 3. The number of hydrogen-bond donors (Lipinski definition) is 1. The summed E-state index contributed by atoms with van der Waals surface area (Å²) in [6.07, 6.45) is 1.43. The van der Waals surface area contributed by atoms with Crippen LogP contribution in [0.25, 0.3) is 11.3 Å². The molecule has 0 unspecified atom stereocenters. The van der Waals surface area contributed by atoms with Gasteiger partial charge in [0.05, 0.1) is 23.9 Å². The van der Waals surface area contributed by atoms with E-state index in [9.17, 15) is 4.79 Å². The van der Waals surface area contributed by atoms with Crippen LogP contribution in [0.1, 0.15) is 18.5 Å². The van der Waals surface area contributed by atoms with E-state index in [2.05, 4.69) is 10.5 Å². The van der Waals surface area contributed by atoms with Crippen LogP contribution in [0, 0.1) is 0 Å². The Morgan fingerprint density at radius 3 is 2.47 bits per heavy atom. The van der Waals surface area contributed by atoms with Crippen LogP contribution in [0.15, 0.2) is 89.5 Å². The number of hydrogen-bond acceptors (Lipinski definition) is 5. The van der Waals surface area contributed by atoms with E-state index in [1.165, 1.54) is 0 Å². The van der Waals surface area contributed by atoms with E-state index < -0.39 is 5.41 Å². The summed E-state index contributed by atoms with van der Waals surface area (Å²) in [5.41, 5.74) is 1.40. The van der Waals surface area contributed by atoms with Gasteiger partial charge in [-0.05, 0) is 49.2 Å². The van der Waals surface area contributed by atoms with Crippen LogP contribution in [0.4, 0.5) is 5.69 Å². The predicted molar refractivity (Wildman–Crippen MR) is 121 cm³/mol. The number of amides is 1. The molecule has 3 aromatic carbocycles. The molecule has 0 saturated heterocycles. The second-order valence-corrected chi connectivity index (χ2v) is 7.76. The summed E-state index contributed by atoms with van der Waals surface area (Å²) in [5.74, 6) is 2.50. The van der Waals surface area contributed by atoms with Crippen molar-refractivity contribution in [1.82, 2.24) is 5.16 Å². The van der Waals surface area contributed by atoms with Crippen LogP contribution in [0.2, 0.25) is 0 Å². The van der Waals surface area contributed by atoms with Gasteiger partial charge >= 0.3 is 0 Å². The summed E-state index contributed by atoms with van der Waals surface area (Å²) in [7, 11) is 1.62. The van der Waals surface area contributed by atoms with E-state index in [0.717, 1.165) is 11.3 Å². The van der Waals surface area contributed by atoms with Crippen LogP contribution >= 0.6 is 0 Å². The van der Waals surface area contributed by atoms with E-state index in [1.54, 1.807) is 7.11 Å². The molecule has 0 spiro atoms. The van der Waals surface area contributed by atoms with Gasteiger partial charge in [-0.25, -0.2) is 0 Å². The third-order valence-electron chi connectivity index (χ3n) is 5.65. The van der Waals surface area contributed by atoms with Gasteiger partial charge in [0.1, 0.15) is 11.5 Å². The maximum atomic E-state index is 13.3. The van der Waals surface area contributed by atoms with E-state index in [-0.39, 0.29) is 5.91 Å². The number of benzene rings is 3. The molecular weight excluding hydrogens is 404 g/mol. The molecule has 1 amide bonds. The lowest BCUT2D eigenvalue weighted by molar-refractivity contribution is -0.118. The first-order chi connectivity index (χ1) is 15.7. The molecule has 5 rings (SSSR count). The number of methoxy groups -OCH3 is 1. The molecule has 1 aliphatic carbocycles.